The first-order valence-electron chi connectivity index (χ1n) is 8.97. The number of nitrogens with zero attached hydrogens (tertiary/aromatic N) is 2. The van der Waals surface area contributed by atoms with Gasteiger partial charge in [0.25, 0.3) is 0 Å². The molecule has 2 aliphatic rings. The van der Waals surface area contributed by atoms with Gasteiger partial charge in [-0.15, -0.1) is 0 Å². The highest BCUT2D eigenvalue weighted by Crippen LogP contribution is 2.29. The Labute approximate surface area is 153 Å². The number of ether oxygens (including phenoxy) is 2. The van der Waals surface area contributed by atoms with Crippen molar-refractivity contribution in [2.75, 3.05) is 26.3 Å². The lowest BCUT2D eigenvalue weighted by molar-refractivity contribution is -0.263. The Morgan fingerprint density at radius 2 is 1.15 bits per heavy atom. The second-order valence-electron chi connectivity index (χ2n) is 6.72. The highest BCUT2D eigenvalue weighted by atomic mass is 16.6. The lowest BCUT2D eigenvalue weighted by Gasteiger charge is -2.48. The number of para-hydroxylation sites is 2. The Bertz CT molecular complexity index is 691. The van der Waals surface area contributed by atoms with Crippen LogP contribution in [0.2, 0.25) is 0 Å². The normalized spacial score (nSPS) is 24.3. The lowest BCUT2D eigenvalue weighted by atomic mass is 10.1. The maximum absolute atomic E-state index is 10.1. The number of aromatic hydroxyl groups is 2. The number of morpholine rings is 2. The minimum atomic E-state index is -0.192. The van der Waals surface area contributed by atoms with Gasteiger partial charge in [0.15, 0.2) is 12.5 Å². The van der Waals surface area contributed by atoms with Crippen molar-refractivity contribution in [3.8, 4) is 11.5 Å². The van der Waals surface area contributed by atoms with E-state index in [0.717, 1.165) is 24.2 Å². The van der Waals surface area contributed by atoms with Crippen LogP contribution < -0.4 is 0 Å². The van der Waals surface area contributed by atoms with E-state index in [0.29, 0.717) is 37.8 Å². The van der Waals surface area contributed by atoms with Crippen molar-refractivity contribution in [3.05, 3.63) is 59.7 Å². The highest BCUT2D eigenvalue weighted by molar-refractivity contribution is 5.32. The predicted molar refractivity (Wildman–Crippen MR) is 96.5 cm³/mol. The molecule has 0 unspecified atom stereocenters. The van der Waals surface area contributed by atoms with E-state index in [1.165, 1.54) is 0 Å². The fourth-order valence-corrected chi connectivity index (χ4v) is 3.64. The standard InChI is InChI=1S/C20H24N2O4/c23-17-7-3-1-5-15(17)13-21-9-11-26-20-19(21)25-12-10-22(20)14-16-6-2-4-8-18(16)24/h1-8,19-20,23-24H,9-14H2/t19-,20-/m1/s1. The van der Waals surface area contributed by atoms with Gasteiger partial charge in [-0.25, -0.2) is 0 Å². The van der Waals surface area contributed by atoms with E-state index in [1.807, 2.05) is 36.4 Å². The van der Waals surface area contributed by atoms with Crippen molar-refractivity contribution < 1.29 is 19.7 Å². The van der Waals surface area contributed by atoms with Crippen LogP contribution in [0.25, 0.3) is 0 Å². The molecule has 0 radical (unpaired) electrons. The Morgan fingerprint density at radius 1 is 0.731 bits per heavy atom. The Hall–Kier alpha value is -2.12. The Balaban J connectivity index is 1.50. The smallest absolute Gasteiger partial charge is 0.151 e. The maximum atomic E-state index is 10.1. The molecule has 2 aromatic carbocycles. The Morgan fingerprint density at radius 3 is 1.58 bits per heavy atom. The van der Waals surface area contributed by atoms with Gasteiger partial charge in [-0.05, 0) is 12.1 Å². The molecule has 2 N–H and O–H groups in total. The molecule has 0 aromatic heterocycles. The summed E-state index contributed by atoms with van der Waals surface area (Å²) in [6.07, 6.45) is -0.383. The molecule has 26 heavy (non-hydrogen) atoms. The van der Waals surface area contributed by atoms with Gasteiger partial charge in [-0.2, -0.15) is 0 Å². The van der Waals surface area contributed by atoms with E-state index in [2.05, 4.69) is 9.80 Å². The topological polar surface area (TPSA) is 65.4 Å². The maximum Gasteiger partial charge on any atom is 0.151 e. The molecule has 2 aliphatic heterocycles. The molecule has 2 atom stereocenters. The molecule has 0 aliphatic carbocycles. The number of phenols is 2. The first-order valence-corrected chi connectivity index (χ1v) is 8.97. The molecule has 0 bridgehead atoms. The van der Waals surface area contributed by atoms with Crippen molar-refractivity contribution in [3.63, 3.8) is 0 Å². The van der Waals surface area contributed by atoms with Gasteiger partial charge in [-0.1, -0.05) is 36.4 Å². The average molecular weight is 356 g/mol. The van der Waals surface area contributed by atoms with Crippen LogP contribution in [-0.2, 0) is 22.6 Å². The van der Waals surface area contributed by atoms with Gasteiger partial charge < -0.3 is 19.7 Å². The first kappa shape index (κ1) is 17.3. The Kier molecular flexibility index (Phi) is 5.08. The fraction of sp³-hybridized carbons (Fsp3) is 0.400. The molecular weight excluding hydrogens is 332 g/mol. The van der Waals surface area contributed by atoms with E-state index in [1.54, 1.807) is 12.1 Å². The van der Waals surface area contributed by atoms with Crippen LogP contribution in [-0.4, -0.2) is 58.8 Å². The molecule has 2 aromatic rings. The summed E-state index contributed by atoms with van der Waals surface area (Å²) in [5.74, 6) is 0.606. The van der Waals surface area contributed by atoms with Crippen LogP contribution in [0.5, 0.6) is 11.5 Å². The number of hydrogen-bond donors (Lipinski definition) is 2. The molecule has 6 nitrogen and oxygen atoms in total. The molecule has 0 saturated carbocycles. The molecule has 2 heterocycles. The number of fused-ring (bicyclic) bond motifs is 1. The van der Waals surface area contributed by atoms with Gasteiger partial charge in [0.05, 0.1) is 13.2 Å². The summed E-state index contributed by atoms with van der Waals surface area (Å²) in [6, 6.07) is 14.8. The molecule has 6 heteroatoms. The van der Waals surface area contributed by atoms with Crippen molar-refractivity contribution >= 4 is 0 Å². The summed E-state index contributed by atoms with van der Waals surface area (Å²) < 4.78 is 12.0. The predicted octanol–water partition coefficient (Wildman–Crippen LogP) is 2.11. The summed E-state index contributed by atoms with van der Waals surface area (Å²) in [7, 11) is 0. The lowest BCUT2D eigenvalue weighted by Crippen LogP contribution is -2.62. The largest absolute Gasteiger partial charge is 0.508 e. The number of rotatable bonds is 4. The van der Waals surface area contributed by atoms with E-state index in [9.17, 15) is 10.2 Å². The zero-order valence-corrected chi connectivity index (χ0v) is 14.6. The van der Waals surface area contributed by atoms with Gasteiger partial charge in [0, 0.05) is 37.3 Å². The zero-order chi connectivity index (χ0) is 17.9. The third-order valence-electron chi connectivity index (χ3n) is 5.03. The van der Waals surface area contributed by atoms with Crippen molar-refractivity contribution in [2.45, 2.75) is 25.5 Å². The quantitative estimate of drug-likeness (QED) is 0.875. The van der Waals surface area contributed by atoms with Crippen LogP contribution in [0, 0.1) is 0 Å². The van der Waals surface area contributed by atoms with Gasteiger partial charge in [0.2, 0.25) is 0 Å². The summed E-state index contributed by atoms with van der Waals surface area (Å²) >= 11 is 0. The number of hydrogen-bond acceptors (Lipinski definition) is 6. The summed E-state index contributed by atoms with van der Waals surface area (Å²) in [6.45, 7) is 3.94. The molecule has 2 saturated heterocycles. The van der Waals surface area contributed by atoms with Crippen LogP contribution in [0.4, 0.5) is 0 Å². The average Bonchev–Trinajstić information content (AvgIpc) is 2.66. The second kappa shape index (κ2) is 7.63. The molecule has 4 rings (SSSR count). The van der Waals surface area contributed by atoms with Crippen molar-refractivity contribution in [1.82, 2.24) is 9.80 Å². The second-order valence-corrected chi connectivity index (χ2v) is 6.72. The molecular formula is C20H24N2O4. The summed E-state index contributed by atoms with van der Waals surface area (Å²) in [5, 5.41) is 20.2. The highest BCUT2D eigenvalue weighted by Gasteiger charge is 2.40. The molecule has 138 valence electrons. The molecule has 0 amide bonds. The van der Waals surface area contributed by atoms with Crippen molar-refractivity contribution in [1.29, 1.82) is 0 Å². The number of phenolic OH excluding ortho intramolecular Hbond substituents is 2. The third-order valence-corrected chi connectivity index (χ3v) is 5.03. The van der Waals surface area contributed by atoms with Crippen molar-refractivity contribution in [2.24, 2.45) is 0 Å². The zero-order valence-electron chi connectivity index (χ0n) is 14.6. The minimum Gasteiger partial charge on any atom is -0.508 e. The SMILES string of the molecule is Oc1ccccc1CN1CCO[C@@H]2[C@H]1OCCN2Cc1ccccc1O. The fourth-order valence-electron chi connectivity index (χ4n) is 3.64. The minimum absolute atomic E-state index is 0.192. The van der Waals surface area contributed by atoms with Crippen LogP contribution in [0.1, 0.15) is 11.1 Å². The van der Waals surface area contributed by atoms with Gasteiger partial charge in [-0.3, -0.25) is 9.80 Å². The van der Waals surface area contributed by atoms with E-state index >= 15 is 0 Å². The monoisotopic (exact) mass is 356 g/mol. The molecule has 0 spiro atoms. The third kappa shape index (κ3) is 3.54. The van der Waals surface area contributed by atoms with Crippen LogP contribution in [0.3, 0.4) is 0 Å². The molecule has 2 fully saturated rings. The summed E-state index contributed by atoms with van der Waals surface area (Å²) in [5.41, 5.74) is 1.77. The van der Waals surface area contributed by atoms with Gasteiger partial charge in [0.1, 0.15) is 11.5 Å². The van der Waals surface area contributed by atoms with Crippen LogP contribution in [0.15, 0.2) is 48.5 Å². The van der Waals surface area contributed by atoms with Gasteiger partial charge >= 0.3 is 0 Å². The first-order chi connectivity index (χ1) is 12.7. The van der Waals surface area contributed by atoms with Crippen LogP contribution >= 0.6 is 0 Å². The van der Waals surface area contributed by atoms with E-state index in [4.69, 9.17) is 9.47 Å². The van der Waals surface area contributed by atoms with E-state index < -0.39 is 0 Å². The number of benzene rings is 2. The van der Waals surface area contributed by atoms with E-state index in [-0.39, 0.29) is 12.5 Å². The summed E-state index contributed by atoms with van der Waals surface area (Å²) in [4.78, 5) is 4.42.